The number of piperidine rings is 1. The van der Waals surface area contributed by atoms with Crippen LogP contribution in [0.5, 0.6) is 0 Å². The van der Waals surface area contributed by atoms with Crippen LogP contribution >= 0.6 is 0 Å². The van der Waals surface area contributed by atoms with Crippen LogP contribution in [-0.4, -0.2) is 52.0 Å². The Morgan fingerprint density at radius 2 is 1.96 bits per heavy atom. The highest BCUT2D eigenvalue weighted by Crippen LogP contribution is 2.27. The molecule has 0 radical (unpaired) electrons. The van der Waals surface area contributed by atoms with Crippen molar-refractivity contribution in [2.24, 2.45) is 0 Å². The number of methoxy groups -OCH3 is 1. The van der Waals surface area contributed by atoms with Gasteiger partial charge in [0.15, 0.2) is 0 Å². The van der Waals surface area contributed by atoms with E-state index in [0.717, 1.165) is 18.7 Å². The second-order valence-electron chi connectivity index (χ2n) is 6.86. The second-order valence-corrected chi connectivity index (χ2v) is 6.86. The summed E-state index contributed by atoms with van der Waals surface area (Å²) in [5.74, 6) is 0.928. The first kappa shape index (κ1) is 19.8. The average molecular weight is 383 g/mol. The van der Waals surface area contributed by atoms with E-state index in [0.29, 0.717) is 43.9 Å². The summed E-state index contributed by atoms with van der Waals surface area (Å²) in [6, 6.07) is 8.76. The molecule has 2 heterocycles. The van der Waals surface area contributed by atoms with Crippen molar-refractivity contribution in [3.05, 3.63) is 51.7 Å². The predicted octanol–water partition coefficient (Wildman–Crippen LogP) is 1.60. The Morgan fingerprint density at radius 1 is 1.29 bits per heavy atom. The van der Waals surface area contributed by atoms with Crippen molar-refractivity contribution in [1.29, 1.82) is 5.26 Å². The van der Waals surface area contributed by atoms with Crippen molar-refractivity contribution in [2.75, 3.05) is 26.8 Å². The first-order valence-corrected chi connectivity index (χ1v) is 9.55. The molecule has 8 nitrogen and oxygen atoms in total. The summed E-state index contributed by atoms with van der Waals surface area (Å²) in [4.78, 5) is 27.0. The maximum atomic E-state index is 12.7. The van der Waals surface area contributed by atoms with E-state index in [-0.39, 0.29) is 17.5 Å². The SMILES string of the molecule is CCn1c(C2CCN(C(=O)c3ccc(C#N)cc3)CC2)nn(CCOC)c1=O. The molecule has 1 saturated heterocycles. The predicted molar refractivity (Wildman–Crippen MR) is 103 cm³/mol. The third kappa shape index (κ3) is 3.99. The van der Waals surface area contributed by atoms with Crippen molar-refractivity contribution in [3.8, 4) is 6.07 Å². The maximum absolute atomic E-state index is 12.7. The molecule has 2 aromatic rings. The Bertz CT molecular complexity index is 915. The minimum atomic E-state index is -0.106. The third-order valence-electron chi connectivity index (χ3n) is 5.18. The Kier molecular flexibility index (Phi) is 6.26. The van der Waals surface area contributed by atoms with Gasteiger partial charge in [-0.05, 0) is 44.0 Å². The number of hydrogen-bond donors (Lipinski definition) is 0. The van der Waals surface area contributed by atoms with Crippen LogP contribution in [0.4, 0.5) is 0 Å². The van der Waals surface area contributed by atoms with Gasteiger partial charge in [0.05, 0.1) is 24.8 Å². The molecule has 3 rings (SSSR count). The highest BCUT2D eigenvalue weighted by Gasteiger charge is 2.28. The number of aromatic nitrogens is 3. The van der Waals surface area contributed by atoms with Gasteiger partial charge in [0.2, 0.25) is 0 Å². The standard InChI is InChI=1S/C20H25N5O3/c1-3-24-18(22-25(20(24)27)12-13-28-2)16-8-10-23(11-9-16)19(26)17-6-4-15(14-21)5-7-17/h4-7,16H,3,8-13H2,1-2H3. The molecule has 1 aromatic heterocycles. The van der Waals surface area contributed by atoms with Gasteiger partial charge in [-0.2, -0.15) is 10.4 Å². The lowest BCUT2D eigenvalue weighted by atomic mass is 9.95. The van der Waals surface area contributed by atoms with E-state index in [1.165, 1.54) is 4.68 Å². The number of rotatable bonds is 6. The quantitative estimate of drug-likeness (QED) is 0.755. The molecule has 148 valence electrons. The van der Waals surface area contributed by atoms with Crippen LogP contribution in [0.2, 0.25) is 0 Å². The summed E-state index contributed by atoms with van der Waals surface area (Å²) in [7, 11) is 1.60. The summed E-state index contributed by atoms with van der Waals surface area (Å²) in [5, 5.41) is 13.4. The summed E-state index contributed by atoms with van der Waals surface area (Å²) in [6.07, 6.45) is 1.53. The van der Waals surface area contributed by atoms with Crippen LogP contribution in [0, 0.1) is 11.3 Å². The Labute approximate surface area is 163 Å². The van der Waals surface area contributed by atoms with Crippen molar-refractivity contribution in [1.82, 2.24) is 19.2 Å². The highest BCUT2D eigenvalue weighted by molar-refractivity contribution is 5.94. The molecule has 0 aliphatic carbocycles. The molecule has 8 heteroatoms. The van der Waals surface area contributed by atoms with E-state index in [1.807, 2.05) is 11.8 Å². The monoisotopic (exact) mass is 383 g/mol. The molecule has 1 aliphatic heterocycles. The van der Waals surface area contributed by atoms with Gasteiger partial charge in [-0.1, -0.05) is 0 Å². The highest BCUT2D eigenvalue weighted by atomic mass is 16.5. The molecule has 28 heavy (non-hydrogen) atoms. The molecule has 1 amide bonds. The molecule has 0 unspecified atom stereocenters. The second kappa shape index (κ2) is 8.85. The van der Waals surface area contributed by atoms with Gasteiger partial charge in [0.25, 0.3) is 5.91 Å². The summed E-state index contributed by atoms with van der Waals surface area (Å²) >= 11 is 0. The normalized spacial score (nSPS) is 14.8. The number of amides is 1. The molecule has 0 saturated carbocycles. The number of carbonyl (C=O) groups excluding carboxylic acids is 1. The van der Waals surface area contributed by atoms with Crippen molar-refractivity contribution in [3.63, 3.8) is 0 Å². The van der Waals surface area contributed by atoms with Crippen molar-refractivity contribution in [2.45, 2.75) is 38.8 Å². The van der Waals surface area contributed by atoms with Crippen molar-refractivity contribution < 1.29 is 9.53 Å². The van der Waals surface area contributed by atoms with Gasteiger partial charge in [-0.3, -0.25) is 9.36 Å². The van der Waals surface area contributed by atoms with Gasteiger partial charge < -0.3 is 9.64 Å². The molecule has 1 fully saturated rings. The number of nitrogens with zero attached hydrogens (tertiary/aromatic N) is 5. The zero-order valence-corrected chi connectivity index (χ0v) is 16.3. The summed E-state index contributed by atoms with van der Waals surface area (Å²) in [6.45, 7) is 4.63. The minimum absolute atomic E-state index is 0.0264. The van der Waals surface area contributed by atoms with E-state index in [4.69, 9.17) is 10.00 Å². The molecular formula is C20H25N5O3. The average Bonchev–Trinajstić information content (AvgIpc) is 3.07. The fraction of sp³-hybridized carbons (Fsp3) is 0.500. The number of benzene rings is 1. The summed E-state index contributed by atoms with van der Waals surface area (Å²) < 4.78 is 8.24. The Hall–Kier alpha value is -2.92. The van der Waals surface area contributed by atoms with Crippen LogP contribution < -0.4 is 5.69 Å². The topological polar surface area (TPSA) is 93.2 Å². The minimum Gasteiger partial charge on any atom is -0.383 e. The molecule has 1 aromatic carbocycles. The van der Waals surface area contributed by atoms with E-state index in [1.54, 1.807) is 35.9 Å². The summed E-state index contributed by atoms with van der Waals surface area (Å²) in [5.41, 5.74) is 1.02. The number of carbonyl (C=O) groups is 1. The number of likely N-dealkylation sites (tertiary alicyclic amines) is 1. The molecular weight excluding hydrogens is 358 g/mol. The van der Waals surface area contributed by atoms with E-state index in [2.05, 4.69) is 11.2 Å². The molecule has 0 atom stereocenters. The van der Waals surface area contributed by atoms with Crippen LogP contribution in [0.15, 0.2) is 29.1 Å². The van der Waals surface area contributed by atoms with Gasteiger partial charge in [-0.15, -0.1) is 0 Å². The van der Waals surface area contributed by atoms with Crippen LogP contribution in [0.1, 0.15) is 47.4 Å². The van der Waals surface area contributed by atoms with Gasteiger partial charge >= 0.3 is 5.69 Å². The lowest BCUT2D eigenvalue weighted by Crippen LogP contribution is -2.38. The fourth-order valence-electron chi connectivity index (χ4n) is 3.59. The zero-order chi connectivity index (χ0) is 20.1. The van der Waals surface area contributed by atoms with Gasteiger partial charge in [-0.25, -0.2) is 9.48 Å². The number of nitriles is 1. The van der Waals surface area contributed by atoms with Gasteiger partial charge in [0.1, 0.15) is 5.82 Å². The van der Waals surface area contributed by atoms with E-state index in [9.17, 15) is 9.59 Å². The third-order valence-corrected chi connectivity index (χ3v) is 5.18. The van der Waals surface area contributed by atoms with Crippen LogP contribution in [0.25, 0.3) is 0 Å². The largest absolute Gasteiger partial charge is 0.383 e. The molecule has 1 aliphatic rings. The number of hydrogen-bond acceptors (Lipinski definition) is 5. The van der Waals surface area contributed by atoms with Gasteiger partial charge in [0, 0.05) is 38.2 Å². The van der Waals surface area contributed by atoms with E-state index < -0.39 is 0 Å². The fourth-order valence-corrected chi connectivity index (χ4v) is 3.59. The zero-order valence-electron chi connectivity index (χ0n) is 16.3. The first-order chi connectivity index (χ1) is 13.6. The Morgan fingerprint density at radius 3 is 2.54 bits per heavy atom. The first-order valence-electron chi connectivity index (χ1n) is 9.55. The maximum Gasteiger partial charge on any atom is 0.345 e. The lowest BCUT2D eigenvalue weighted by Gasteiger charge is -2.31. The smallest absolute Gasteiger partial charge is 0.345 e. The molecule has 0 bridgehead atoms. The van der Waals surface area contributed by atoms with Crippen LogP contribution in [0.3, 0.4) is 0 Å². The van der Waals surface area contributed by atoms with Crippen LogP contribution in [-0.2, 0) is 17.8 Å². The lowest BCUT2D eigenvalue weighted by molar-refractivity contribution is 0.0710. The molecule has 0 spiro atoms. The Balaban J connectivity index is 1.69. The molecule has 0 N–H and O–H groups in total. The van der Waals surface area contributed by atoms with Crippen molar-refractivity contribution >= 4 is 5.91 Å². The number of ether oxygens (including phenoxy) is 1. The van der Waals surface area contributed by atoms with E-state index >= 15 is 0 Å².